The first-order valence-electron chi connectivity index (χ1n) is 5.89. The average molecular weight is 256 g/mol. The third kappa shape index (κ3) is 3.79. The summed E-state index contributed by atoms with van der Waals surface area (Å²) in [6.07, 6.45) is 2.41. The van der Waals surface area contributed by atoms with Crippen molar-refractivity contribution in [3.05, 3.63) is 48.0 Å². The molecule has 0 fully saturated rings. The highest BCUT2D eigenvalue weighted by Gasteiger charge is 2.01. The molecule has 1 aromatic carbocycles. The maximum absolute atomic E-state index is 10.2. The number of anilines is 1. The molecule has 5 heteroatoms. The van der Waals surface area contributed by atoms with E-state index in [0.717, 1.165) is 12.0 Å². The van der Waals surface area contributed by atoms with E-state index in [1.54, 1.807) is 24.6 Å². The number of ether oxygens (including phenoxy) is 1. The van der Waals surface area contributed by atoms with Crippen molar-refractivity contribution >= 4 is 12.2 Å². The van der Waals surface area contributed by atoms with Crippen LogP contribution in [0.15, 0.2) is 42.5 Å². The molecule has 0 aliphatic heterocycles. The smallest absolute Gasteiger partial charge is 0.315 e. The number of nitrogens with zero attached hydrogens (tertiary/aromatic N) is 1. The minimum absolute atomic E-state index is 0.396. The van der Waals surface area contributed by atoms with Gasteiger partial charge in [-0.1, -0.05) is 18.2 Å². The molecule has 97 valence electrons. The van der Waals surface area contributed by atoms with Gasteiger partial charge in [-0.15, -0.1) is 0 Å². The first-order chi connectivity index (χ1) is 9.31. The van der Waals surface area contributed by atoms with Gasteiger partial charge < -0.3 is 15.8 Å². The summed E-state index contributed by atoms with van der Waals surface area (Å²) >= 11 is 0. The van der Waals surface area contributed by atoms with Crippen LogP contribution in [0.4, 0.5) is 5.82 Å². The number of pyridine rings is 1. The molecule has 0 saturated carbocycles. The lowest BCUT2D eigenvalue weighted by Crippen LogP contribution is -2.02. The number of amides is 1. The molecule has 1 heterocycles. The second kappa shape index (κ2) is 6.51. The fourth-order valence-corrected chi connectivity index (χ4v) is 1.61. The lowest BCUT2D eigenvalue weighted by molar-refractivity contribution is 0.463. The molecule has 0 aliphatic carbocycles. The molecule has 0 bridgehead atoms. The Hall–Kier alpha value is -2.40. The third-order valence-electron chi connectivity index (χ3n) is 2.48. The summed E-state index contributed by atoms with van der Waals surface area (Å²) in [6, 6.07) is 12.8. The van der Waals surface area contributed by atoms with Crippen molar-refractivity contribution in [3.8, 4) is 11.6 Å². The van der Waals surface area contributed by atoms with Gasteiger partial charge in [-0.05, 0) is 36.7 Å². The van der Waals surface area contributed by atoms with Crippen LogP contribution in [0.1, 0.15) is 5.56 Å². The van der Waals surface area contributed by atoms with Crippen molar-refractivity contribution in [2.75, 3.05) is 11.9 Å². The van der Waals surface area contributed by atoms with Crippen LogP contribution < -0.4 is 15.8 Å². The molecule has 19 heavy (non-hydrogen) atoms. The van der Waals surface area contributed by atoms with Gasteiger partial charge in [0, 0.05) is 6.07 Å². The van der Waals surface area contributed by atoms with E-state index in [0.29, 0.717) is 24.0 Å². The van der Waals surface area contributed by atoms with Crippen molar-refractivity contribution in [2.45, 2.75) is 6.42 Å². The molecule has 5 nitrogen and oxygen atoms in total. The van der Waals surface area contributed by atoms with E-state index >= 15 is 0 Å². The minimum atomic E-state index is 0.396. The number of carbonyl (C=O) groups excluding carboxylic acids is 1. The third-order valence-corrected chi connectivity index (χ3v) is 2.48. The zero-order valence-electron chi connectivity index (χ0n) is 10.3. The molecule has 0 spiro atoms. The molecule has 1 radical (unpaired) electrons. The van der Waals surface area contributed by atoms with Gasteiger partial charge in [-0.2, -0.15) is 4.98 Å². The van der Waals surface area contributed by atoms with E-state index in [9.17, 15) is 4.79 Å². The summed E-state index contributed by atoms with van der Waals surface area (Å²) in [5.41, 5.74) is 6.65. The van der Waals surface area contributed by atoms with Crippen molar-refractivity contribution in [2.24, 2.45) is 5.73 Å². The van der Waals surface area contributed by atoms with Gasteiger partial charge in [0.25, 0.3) is 0 Å². The number of nitrogens with two attached hydrogens (primary N) is 1. The van der Waals surface area contributed by atoms with Crippen molar-refractivity contribution in [3.63, 3.8) is 0 Å². The monoisotopic (exact) mass is 256 g/mol. The Balaban J connectivity index is 2.07. The number of aromatic nitrogens is 1. The van der Waals surface area contributed by atoms with E-state index < -0.39 is 0 Å². The van der Waals surface area contributed by atoms with Gasteiger partial charge in [0.15, 0.2) is 0 Å². The summed E-state index contributed by atoms with van der Waals surface area (Å²) < 4.78 is 5.59. The topological polar surface area (TPSA) is 77.2 Å². The van der Waals surface area contributed by atoms with Crippen LogP contribution in [-0.4, -0.2) is 17.9 Å². The van der Waals surface area contributed by atoms with Crippen LogP contribution in [0.3, 0.4) is 0 Å². The summed E-state index contributed by atoms with van der Waals surface area (Å²) in [6.45, 7) is 0.623. The van der Waals surface area contributed by atoms with Gasteiger partial charge in [0.1, 0.15) is 11.6 Å². The average Bonchev–Trinajstić information content (AvgIpc) is 2.42. The lowest BCUT2D eigenvalue weighted by Gasteiger charge is -2.06. The first kappa shape index (κ1) is 13.0. The first-order valence-corrected chi connectivity index (χ1v) is 5.89. The quantitative estimate of drug-likeness (QED) is 0.773. The Morgan fingerprint density at radius 1 is 1.21 bits per heavy atom. The molecular weight excluding hydrogens is 242 g/mol. The number of nitrogens with one attached hydrogen (secondary N) is 1. The summed E-state index contributed by atoms with van der Waals surface area (Å²) in [7, 11) is 0. The number of hydrogen-bond donors (Lipinski definition) is 2. The van der Waals surface area contributed by atoms with Crippen molar-refractivity contribution in [1.29, 1.82) is 0 Å². The summed E-state index contributed by atoms with van der Waals surface area (Å²) in [4.78, 5) is 14.3. The molecule has 1 aromatic heterocycles. The van der Waals surface area contributed by atoms with Crippen LogP contribution in [0.5, 0.6) is 11.6 Å². The lowest BCUT2D eigenvalue weighted by atomic mass is 10.1. The van der Waals surface area contributed by atoms with Gasteiger partial charge in [0.2, 0.25) is 5.88 Å². The van der Waals surface area contributed by atoms with Gasteiger partial charge in [0.05, 0.1) is 0 Å². The zero-order valence-corrected chi connectivity index (χ0v) is 10.3. The number of hydrogen-bond acceptors (Lipinski definition) is 4. The molecule has 0 aliphatic rings. The van der Waals surface area contributed by atoms with Gasteiger partial charge in [-0.25, -0.2) is 0 Å². The highest BCUT2D eigenvalue weighted by molar-refractivity contribution is 5.69. The maximum Gasteiger partial charge on any atom is 0.315 e. The van der Waals surface area contributed by atoms with Crippen LogP contribution in [0.2, 0.25) is 0 Å². The van der Waals surface area contributed by atoms with E-state index in [4.69, 9.17) is 10.5 Å². The molecule has 0 unspecified atom stereocenters. The second-order valence-corrected chi connectivity index (χ2v) is 3.87. The maximum atomic E-state index is 10.2. The molecule has 3 N–H and O–H groups in total. The van der Waals surface area contributed by atoms with Crippen LogP contribution in [-0.2, 0) is 11.2 Å². The highest BCUT2D eigenvalue weighted by atomic mass is 16.5. The van der Waals surface area contributed by atoms with Crippen LogP contribution >= 0.6 is 0 Å². The molecule has 0 atom stereocenters. The summed E-state index contributed by atoms with van der Waals surface area (Å²) in [5.74, 6) is 1.49. The van der Waals surface area contributed by atoms with Gasteiger partial charge >= 0.3 is 6.41 Å². The Morgan fingerprint density at radius 3 is 2.68 bits per heavy atom. The predicted molar refractivity (Wildman–Crippen MR) is 72.8 cm³/mol. The minimum Gasteiger partial charge on any atom is -0.439 e. The zero-order chi connectivity index (χ0) is 13.5. The largest absolute Gasteiger partial charge is 0.439 e. The van der Waals surface area contributed by atoms with E-state index in [2.05, 4.69) is 10.3 Å². The Bertz CT molecular complexity index is 541. The normalized spacial score (nSPS) is 9.95. The Kier molecular flexibility index (Phi) is 4.47. The number of rotatable bonds is 6. The SMILES string of the molecule is NCCc1ccc(Oc2cccc(N[C]=O)n2)cc1. The fraction of sp³-hybridized carbons (Fsp3) is 0.143. The van der Waals surface area contributed by atoms with Crippen molar-refractivity contribution < 1.29 is 9.53 Å². The Morgan fingerprint density at radius 2 is 2.00 bits per heavy atom. The molecule has 2 rings (SSSR count). The van der Waals surface area contributed by atoms with E-state index in [1.807, 2.05) is 24.3 Å². The molecule has 1 amide bonds. The van der Waals surface area contributed by atoms with E-state index in [1.165, 1.54) is 0 Å². The van der Waals surface area contributed by atoms with Gasteiger partial charge in [-0.3, -0.25) is 4.79 Å². The summed E-state index contributed by atoms with van der Waals surface area (Å²) in [5, 5.41) is 2.35. The molecule has 2 aromatic rings. The molecular formula is C14H14N3O2. The fourth-order valence-electron chi connectivity index (χ4n) is 1.61. The standard InChI is InChI=1S/C14H14N3O2/c15-9-8-11-4-6-12(7-5-11)19-14-3-1-2-13(17-14)16-10-18/h1-7H,8-9,15H2,(H,16,17,18). The Labute approximate surface area is 111 Å². The van der Waals surface area contributed by atoms with Crippen LogP contribution in [0.25, 0.3) is 0 Å². The molecule has 0 saturated heterocycles. The highest BCUT2D eigenvalue weighted by Crippen LogP contribution is 2.21. The van der Waals surface area contributed by atoms with E-state index in [-0.39, 0.29) is 0 Å². The van der Waals surface area contributed by atoms with Crippen LogP contribution in [0, 0.1) is 0 Å². The number of benzene rings is 1. The second-order valence-electron chi connectivity index (χ2n) is 3.87. The predicted octanol–water partition coefficient (Wildman–Crippen LogP) is 1.85. The van der Waals surface area contributed by atoms with Crippen molar-refractivity contribution in [1.82, 2.24) is 4.98 Å².